The van der Waals surface area contributed by atoms with Crippen LogP contribution in [0.5, 0.6) is 0 Å². The Labute approximate surface area is 84.7 Å². The van der Waals surface area contributed by atoms with Gasteiger partial charge >= 0.3 is 0 Å². The average molecular weight is 195 g/mol. The second kappa shape index (κ2) is 5.57. The second-order valence-corrected chi connectivity index (χ2v) is 3.12. The molecule has 0 bridgehead atoms. The maximum absolute atomic E-state index is 5.51. The lowest BCUT2D eigenvalue weighted by molar-refractivity contribution is 0.206. The molecule has 0 aromatic carbocycles. The summed E-state index contributed by atoms with van der Waals surface area (Å²) in [5, 5.41) is 0. The van der Waals surface area contributed by atoms with E-state index in [0.717, 1.165) is 24.5 Å². The van der Waals surface area contributed by atoms with E-state index in [1.54, 1.807) is 13.3 Å². The standard InChI is InChI=1S/C10H17N3O/c1-13(5-6-14-2)10-3-4-12-9(7-10)8-11/h3-4,7H,5-6,8,11H2,1-2H3. The fourth-order valence-corrected chi connectivity index (χ4v) is 1.17. The summed E-state index contributed by atoms with van der Waals surface area (Å²) in [6.45, 7) is 2.06. The molecule has 0 amide bonds. The Balaban J connectivity index is 2.64. The predicted molar refractivity (Wildman–Crippen MR) is 57.3 cm³/mol. The average Bonchev–Trinajstić information content (AvgIpc) is 2.26. The molecule has 2 N–H and O–H groups in total. The Bertz CT molecular complexity index is 278. The molecule has 1 rings (SSSR count). The van der Waals surface area contributed by atoms with Gasteiger partial charge in [0.15, 0.2) is 0 Å². The maximum Gasteiger partial charge on any atom is 0.0637 e. The van der Waals surface area contributed by atoms with Crippen molar-refractivity contribution in [2.24, 2.45) is 5.73 Å². The molecular formula is C10H17N3O. The first kappa shape index (κ1) is 10.9. The van der Waals surface area contributed by atoms with Gasteiger partial charge in [-0.05, 0) is 12.1 Å². The smallest absolute Gasteiger partial charge is 0.0637 e. The highest BCUT2D eigenvalue weighted by molar-refractivity contribution is 5.45. The van der Waals surface area contributed by atoms with Gasteiger partial charge < -0.3 is 15.4 Å². The molecule has 0 radical (unpaired) electrons. The summed E-state index contributed by atoms with van der Waals surface area (Å²) in [4.78, 5) is 6.25. The first-order chi connectivity index (χ1) is 6.77. The summed E-state index contributed by atoms with van der Waals surface area (Å²) in [6, 6.07) is 3.96. The van der Waals surface area contributed by atoms with Gasteiger partial charge in [0, 0.05) is 39.1 Å². The van der Waals surface area contributed by atoms with E-state index in [1.807, 2.05) is 19.2 Å². The lowest BCUT2D eigenvalue weighted by Crippen LogP contribution is -2.22. The molecule has 0 aliphatic heterocycles. The third-order valence-corrected chi connectivity index (χ3v) is 2.08. The van der Waals surface area contributed by atoms with Gasteiger partial charge in [-0.25, -0.2) is 0 Å². The van der Waals surface area contributed by atoms with E-state index in [4.69, 9.17) is 10.5 Å². The Morgan fingerprint density at radius 2 is 2.36 bits per heavy atom. The topological polar surface area (TPSA) is 51.4 Å². The zero-order chi connectivity index (χ0) is 10.4. The van der Waals surface area contributed by atoms with Crippen molar-refractivity contribution in [1.29, 1.82) is 0 Å². The van der Waals surface area contributed by atoms with Gasteiger partial charge in [-0.1, -0.05) is 0 Å². The van der Waals surface area contributed by atoms with Crippen LogP contribution in [0.15, 0.2) is 18.3 Å². The minimum Gasteiger partial charge on any atom is -0.383 e. The molecule has 4 heteroatoms. The van der Waals surface area contributed by atoms with E-state index in [1.165, 1.54) is 0 Å². The third kappa shape index (κ3) is 2.97. The van der Waals surface area contributed by atoms with Crippen molar-refractivity contribution >= 4 is 5.69 Å². The van der Waals surface area contributed by atoms with Gasteiger partial charge in [-0.15, -0.1) is 0 Å². The van der Waals surface area contributed by atoms with Crippen molar-refractivity contribution < 1.29 is 4.74 Å². The van der Waals surface area contributed by atoms with Crippen LogP contribution < -0.4 is 10.6 Å². The number of ether oxygens (including phenoxy) is 1. The molecule has 0 unspecified atom stereocenters. The highest BCUT2D eigenvalue weighted by Gasteiger charge is 2.01. The van der Waals surface area contributed by atoms with E-state index in [0.29, 0.717) is 6.54 Å². The highest BCUT2D eigenvalue weighted by atomic mass is 16.5. The number of methoxy groups -OCH3 is 1. The maximum atomic E-state index is 5.51. The molecule has 1 heterocycles. The molecule has 1 aromatic heterocycles. The Hall–Kier alpha value is -1.13. The number of nitrogens with zero attached hydrogens (tertiary/aromatic N) is 2. The Morgan fingerprint density at radius 3 is 3.00 bits per heavy atom. The number of likely N-dealkylation sites (N-methyl/N-ethyl adjacent to an activating group) is 1. The first-order valence-corrected chi connectivity index (χ1v) is 4.63. The van der Waals surface area contributed by atoms with Crippen LogP contribution in [0.25, 0.3) is 0 Å². The number of hydrogen-bond acceptors (Lipinski definition) is 4. The van der Waals surface area contributed by atoms with Crippen molar-refractivity contribution in [3.05, 3.63) is 24.0 Å². The quantitative estimate of drug-likeness (QED) is 0.748. The van der Waals surface area contributed by atoms with Crippen LogP contribution in [-0.2, 0) is 11.3 Å². The van der Waals surface area contributed by atoms with Crippen LogP contribution in [0.1, 0.15) is 5.69 Å². The summed E-state index contributed by atoms with van der Waals surface area (Å²) >= 11 is 0. The van der Waals surface area contributed by atoms with Gasteiger partial charge in [0.1, 0.15) is 0 Å². The molecule has 0 atom stereocenters. The lowest BCUT2D eigenvalue weighted by atomic mass is 10.3. The summed E-state index contributed by atoms with van der Waals surface area (Å²) in [7, 11) is 3.72. The third-order valence-electron chi connectivity index (χ3n) is 2.08. The molecule has 0 saturated heterocycles. The van der Waals surface area contributed by atoms with Gasteiger partial charge in [0.2, 0.25) is 0 Å². The molecule has 78 valence electrons. The van der Waals surface area contributed by atoms with Crippen LogP contribution >= 0.6 is 0 Å². The Morgan fingerprint density at radius 1 is 1.57 bits per heavy atom. The Kier molecular flexibility index (Phi) is 4.35. The van der Waals surface area contributed by atoms with Crippen molar-refractivity contribution in [3.63, 3.8) is 0 Å². The summed E-state index contributed by atoms with van der Waals surface area (Å²) in [5.41, 5.74) is 7.55. The van der Waals surface area contributed by atoms with Crippen molar-refractivity contribution in [1.82, 2.24) is 4.98 Å². The molecule has 0 aliphatic carbocycles. The van der Waals surface area contributed by atoms with Crippen LogP contribution in [0.2, 0.25) is 0 Å². The van der Waals surface area contributed by atoms with E-state index >= 15 is 0 Å². The monoisotopic (exact) mass is 195 g/mol. The molecule has 0 fully saturated rings. The van der Waals surface area contributed by atoms with Crippen molar-refractivity contribution in [2.45, 2.75) is 6.54 Å². The number of pyridine rings is 1. The summed E-state index contributed by atoms with van der Waals surface area (Å²) < 4.78 is 5.01. The van der Waals surface area contributed by atoms with Crippen molar-refractivity contribution in [2.75, 3.05) is 32.2 Å². The lowest BCUT2D eigenvalue weighted by Gasteiger charge is -2.18. The molecule has 1 aromatic rings. The predicted octanol–water partition coefficient (Wildman–Crippen LogP) is 0.623. The molecule has 0 saturated carbocycles. The van der Waals surface area contributed by atoms with Crippen LogP contribution in [0.3, 0.4) is 0 Å². The highest BCUT2D eigenvalue weighted by Crippen LogP contribution is 2.11. The SMILES string of the molecule is COCCN(C)c1ccnc(CN)c1. The largest absolute Gasteiger partial charge is 0.383 e. The van der Waals surface area contributed by atoms with E-state index < -0.39 is 0 Å². The van der Waals surface area contributed by atoms with Gasteiger partial charge in [-0.2, -0.15) is 0 Å². The molecular weight excluding hydrogens is 178 g/mol. The number of hydrogen-bond donors (Lipinski definition) is 1. The minimum absolute atomic E-state index is 0.478. The van der Waals surface area contributed by atoms with Crippen molar-refractivity contribution in [3.8, 4) is 0 Å². The van der Waals surface area contributed by atoms with Gasteiger partial charge in [0.25, 0.3) is 0 Å². The molecule has 0 spiro atoms. The van der Waals surface area contributed by atoms with Crippen LogP contribution in [0.4, 0.5) is 5.69 Å². The summed E-state index contributed by atoms with van der Waals surface area (Å²) in [5.74, 6) is 0. The van der Waals surface area contributed by atoms with E-state index in [9.17, 15) is 0 Å². The minimum atomic E-state index is 0.478. The fourth-order valence-electron chi connectivity index (χ4n) is 1.17. The molecule has 14 heavy (non-hydrogen) atoms. The molecule has 4 nitrogen and oxygen atoms in total. The fraction of sp³-hybridized carbons (Fsp3) is 0.500. The molecule has 0 aliphatic rings. The summed E-state index contributed by atoms with van der Waals surface area (Å²) in [6.07, 6.45) is 1.78. The van der Waals surface area contributed by atoms with Gasteiger partial charge in [0.05, 0.1) is 12.3 Å². The zero-order valence-corrected chi connectivity index (χ0v) is 8.73. The number of aromatic nitrogens is 1. The van der Waals surface area contributed by atoms with Gasteiger partial charge in [-0.3, -0.25) is 4.98 Å². The normalized spacial score (nSPS) is 10.2. The number of nitrogens with two attached hydrogens (primary N) is 1. The number of rotatable bonds is 5. The zero-order valence-electron chi connectivity index (χ0n) is 8.73. The number of anilines is 1. The van der Waals surface area contributed by atoms with E-state index in [-0.39, 0.29) is 0 Å². The van der Waals surface area contributed by atoms with E-state index in [2.05, 4.69) is 9.88 Å². The second-order valence-electron chi connectivity index (χ2n) is 3.12. The van der Waals surface area contributed by atoms with Crippen LogP contribution in [0, 0.1) is 0 Å². The van der Waals surface area contributed by atoms with Crippen LogP contribution in [-0.4, -0.2) is 32.3 Å². The first-order valence-electron chi connectivity index (χ1n) is 4.63.